The van der Waals surface area contributed by atoms with Crippen LogP contribution in [-0.2, 0) is 4.79 Å². The molecule has 1 aliphatic rings. The minimum absolute atomic E-state index is 0.00747. The van der Waals surface area contributed by atoms with Gasteiger partial charge in [-0.25, -0.2) is 0 Å². The highest BCUT2D eigenvalue weighted by Gasteiger charge is 2.42. The largest absolute Gasteiger partial charge is 0.493 e. The average molecular weight is 372 g/mol. The van der Waals surface area contributed by atoms with Gasteiger partial charge in [0.1, 0.15) is 5.56 Å². The highest BCUT2D eigenvalue weighted by atomic mass is 16.5. The molecule has 0 bridgehead atoms. The molecule has 3 rings (SSSR count). The van der Waals surface area contributed by atoms with Gasteiger partial charge in [0.15, 0.2) is 11.5 Å². The molecular weight excluding hydrogens is 352 g/mol. The summed E-state index contributed by atoms with van der Waals surface area (Å²) in [6.07, 6.45) is 1.44. The minimum atomic E-state index is -1.01. The molecule has 2 atom stereocenters. The Morgan fingerprint density at radius 2 is 1.93 bits per heavy atom. The average Bonchev–Trinajstić information content (AvgIpc) is 3.12. The number of carboxylic acids is 1. The van der Waals surface area contributed by atoms with Crippen LogP contribution in [-0.4, -0.2) is 54.2 Å². The van der Waals surface area contributed by atoms with Crippen LogP contribution in [0.4, 0.5) is 0 Å². The topological polar surface area (TPSA) is 109 Å². The standard InChI is InChI=1S/C19H20N2O6/c1-26-15-7-3-5-11(16(15)27-2)13-9-21(10-14(13)19(24)25)18(23)12-6-4-8-20-17(12)22/h3-8,13-14H,9-10H2,1-2H3,(H,20,22)(H,24,25)/t13-,14+/m0/s1. The molecule has 1 fully saturated rings. The number of H-pyrrole nitrogens is 1. The van der Waals surface area contributed by atoms with Crippen LogP contribution >= 0.6 is 0 Å². The number of carboxylic acid groups (broad SMARTS) is 1. The van der Waals surface area contributed by atoms with Gasteiger partial charge in [-0.3, -0.25) is 14.4 Å². The molecule has 0 spiro atoms. The van der Waals surface area contributed by atoms with Crippen molar-refractivity contribution in [3.05, 3.63) is 58.0 Å². The Morgan fingerprint density at radius 3 is 2.56 bits per heavy atom. The molecule has 0 unspecified atom stereocenters. The third-order valence-corrected chi connectivity index (χ3v) is 4.81. The molecule has 1 aromatic heterocycles. The molecule has 0 saturated carbocycles. The van der Waals surface area contributed by atoms with Crippen molar-refractivity contribution in [3.8, 4) is 11.5 Å². The summed E-state index contributed by atoms with van der Waals surface area (Å²) in [5.74, 6) is -1.88. The Hall–Kier alpha value is -3.29. The first-order valence-corrected chi connectivity index (χ1v) is 8.38. The number of carbonyl (C=O) groups is 2. The molecule has 1 amide bonds. The van der Waals surface area contributed by atoms with E-state index in [2.05, 4.69) is 4.98 Å². The molecule has 2 aromatic rings. The lowest BCUT2D eigenvalue weighted by atomic mass is 9.88. The first-order chi connectivity index (χ1) is 13.0. The predicted molar refractivity (Wildman–Crippen MR) is 96.4 cm³/mol. The monoisotopic (exact) mass is 372 g/mol. The second-order valence-electron chi connectivity index (χ2n) is 6.26. The molecule has 2 heterocycles. The zero-order valence-electron chi connectivity index (χ0n) is 15.0. The van der Waals surface area contributed by atoms with Crippen LogP contribution in [0.2, 0.25) is 0 Å². The Kier molecular flexibility index (Phi) is 5.16. The number of pyridine rings is 1. The molecule has 1 aliphatic heterocycles. The molecule has 27 heavy (non-hydrogen) atoms. The lowest BCUT2D eigenvalue weighted by Crippen LogP contribution is -2.33. The van der Waals surface area contributed by atoms with E-state index in [0.29, 0.717) is 17.1 Å². The third-order valence-electron chi connectivity index (χ3n) is 4.81. The van der Waals surface area contributed by atoms with Crippen LogP contribution in [0.5, 0.6) is 11.5 Å². The van der Waals surface area contributed by atoms with E-state index in [4.69, 9.17) is 9.47 Å². The molecule has 8 nitrogen and oxygen atoms in total. The minimum Gasteiger partial charge on any atom is -0.493 e. The summed E-state index contributed by atoms with van der Waals surface area (Å²) in [4.78, 5) is 40.3. The zero-order chi connectivity index (χ0) is 19.6. The van der Waals surface area contributed by atoms with Gasteiger partial charge >= 0.3 is 5.97 Å². The SMILES string of the molecule is COc1cccc([C@@H]2CN(C(=O)c3ccc[nH]c3=O)C[C@H]2C(=O)O)c1OC. The van der Waals surface area contributed by atoms with Crippen LogP contribution in [0.1, 0.15) is 21.8 Å². The third kappa shape index (κ3) is 3.38. The number of rotatable bonds is 5. The second-order valence-corrected chi connectivity index (χ2v) is 6.26. The van der Waals surface area contributed by atoms with Crippen molar-refractivity contribution in [1.29, 1.82) is 0 Å². The normalized spacial score (nSPS) is 19.0. The van der Waals surface area contributed by atoms with E-state index < -0.39 is 29.3 Å². The van der Waals surface area contributed by atoms with Crippen LogP contribution in [0.15, 0.2) is 41.3 Å². The van der Waals surface area contributed by atoms with E-state index >= 15 is 0 Å². The van der Waals surface area contributed by atoms with Crippen LogP contribution in [0, 0.1) is 5.92 Å². The first-order valence-electron chi connectivity index (χ1n) is 8.38. The summed E-state index contributed by atoms with van der Waals surface area (Å²) in [7, 11) is 2.99. The van der Waals surface area contributed by atoms with Crippen LogP contribution < -0.4 is 15.0 Å². The predicted octanol–water partition coefficient (Wildman–Crippen LogP) is 1.33. The highest BCUT2D eigenvalue weighted by molar-refractivity contribution is 5.94. The second kappa shape index (κ2) is 7.53. The fourth-order valence-electron chi connectivity index (χ4n) is 3.50. The lowest BCUT2D eigenvalue weighted by Gasteiger charge is -2.20. The van der Waals surface area contributed by atoms with E-state index in [-0.39, 0.29) is 18.7 Å². The molecule has 2 N–H and O–H groups in total. The van der Waals surface area contributed by atoms with Crippen LogP contribution in [0.3, 0.4) is 0 Å². The van der Waals surface area contributed by atoms with E-state index in [1.165, 1.54) is 31.4 Å². The Morgan fingerprint density at radius 1 is 1.15 bits per heavy atom. The number of hydrogen-bond donors (Lipinski definition) is 2. The first kappa shape index (κ1) is 18.5. The highest BCUT2D eigenvalue weighted by Crippen LogP contribution is 2.42. The summed E-state index contributed by atoms with van der Waals surface area (Å²) in [5.41, 5.74) is 0.137. The van der Waals surface area contributed by atoms with Gasteiger partial charge in [-0.1, -0.05) is 12.1 Å². The number of nitrogens with one attached hydrogen (secondary N) is 1. The number of nitrogens with zero attached hydrogens (tertiary/aromatic N) is 1. The Balaban J connectivity index is 1.98. The number of ether oxygens (including phenoxy) is 2. The van der Waals surface area contributed by atoms with Crippen molar-refractivity contribution in [1.82, 2.24) is 9.88 Å². The summed E-state index contributed by atoms with van der Waals surface area (Å²) in [6, 6.07) is 8.23. The fraction of sp³-hybridized carbons (Fsp3) is 0.316. The van der Waals surface area contributed by atoms with Gasteiger partial charge in [0.05, 0.1) is 20.1 Å². The van der Waals surface area contributed by atoms with Crippen molar-refractivity contribution in [3.63, 3.8) is 0 Å². The number of methoxy groups -OCH3 is 2. The van der Waals surface area contributed by atoms with Gasteiger partial charge < -0.3 is 24.5 Å². The molecule has 142 valence electrons. The molecule has 1 saturated heterocycles. The van der Waals surface area contributed by atoms with Gasteiger partial charge in [-0.05, 0) is 18.2 Å². The van der Waals surface area contributed by atoms with Crippen molar-refractivity contribution < 1.29 is 24.2 Å². The summed E-state index contributed by atoms with van der Waals surface area (Å²) in [5, 5.41) is 9.68. The van der Waals surface area contributed by atoms with E-state index in [1.807, 2.05) is 0 Å². The number of likely N-dealkylation sites (tertiary alicyclic amines) is 1. The summed E-state index contributed by atoms with van der Waals surface area (Å²) in [6.45, 7) is 0.168. The van der Waals surface area contributed by atoms with Gasteiger partial charge in [0.2, 0.25) is 0 Å². The number of hydrogen-bond acceptors (Lipinski definition) is 5. The molecule has 8 heteroatoms. The quantitative estimate of drug-likeness (QED) is 0.820. The Bertz CT molecular complexity index is 922. The number of carbonyl (C=O) groups excluding carboxylic acids is 1. The molecule has 0 radical (unpaired) electrons. The summed E-state index contributed by atoms with van der Waals surface area (Å²) < 4.78 is 10.7. The van der Waals surface area contributed by atoms with Gasteiger partial charge in [-0.2, -0.15) is 0 Å². The van der Waals surface area contributed by atoms with Crippen molar-refractivity contribution in [2.75, 3.05) is 27.3 Å². The maximum absolute atomic E-state index is 12.7. The Labute approximate surface area is 155 Å². The van der Waals surface area contributed by atoms with Crippen molar-refractivity contribution in [2.24, 2.45) is 5.92 Å². The van der Waals surface area contributed by atoms with E-state index in [1.54, 1.807) is 24.3 Å². The van der Waals surface area contributed by atoms with Gasteiger partial charge in [0, 0.05) is 30.8 Å². The number of amides is 1. The number of aromatic amines is 1. The van der Waals surface area contributed by atoms with Gasteiger partial charge in [0.25, 0.3) is 11.5 Å². The number of benzene rings is 1. The van der Waals surface area contributed by atoms with E-state index in [9.17, 15) is 19.5 Å². The zero-order valence-corrected chi connectivity index (χ0v) is 15.0. The maximum Gasteiger partial charge on any atom is 0.308 e. The van der Waals surface area contributed by atoms with Crippen LogP contribution in [0.25, 0.3) is 0 Å². The number of aromatic nitrogens is 1. The smallest absolute Gasteiger partial charge is 0.308 e. The molecule has 0 aliphatic carbocycles. The number of para-hydroxylation sites is 1. The van der Waals surface area contributed by atoms with E-state index in [0.717, 1.165) is 0 Å². The summed E-state index contributed by atoms with van der Waals surface area (Å²) >= 11 is 0. The van der Waals surface area contributed by atoms with Crippen molar-refractivity contribution in [2.45, 2.75) is 5.92 Å². The molecular formula is C19H20N2O6. The number of aliphatic carboxylic acids is 1. The molecule has 1 aromatic carbocycles. The lowest BCUT2D eigenvalue weighted by molar-refractivity contribution is -0.141. The van der Waals surface area contributed by atoms with Gasteiger partial charge in [-0.15, -0.1) is 0 Å². The fourth-order valence-corrected chi connectivity index (χ4v) is 3.50. The van der Waals surface area contributed by atoms with Crippen molar-refractivity contribution >= 4 is 11.9 Å². The maximum atomic E-state index is 12.7.